The summed E-state index contributed by atoms with van der Waals surface area (Å²) in [6.45, 7) is 10.7. The monoisotopic (exact) mass is 347 g/mol. The van der Waals surface area contributed by atoms with Crippen LogP contribution in [0.25, 0.3) is 0 Å². The molecule has 0 bridgehead atoms. The van der Waals surface area contributed by atoms with Crippen LogP contribution in [0.3, 0.4) is 0 Å². The lowest BCUT2D eigenvalue weighted by atomic mass is 9.93. The first kappa shape index (κ1) is 19.0. The summed E-state index contributed by atoms with van der Waals surface area (Å²) in [6, 6.07) is 5.76. The van der Waals surface area contributed by atoms with Gasteiger partial charge in [0.15, 0.2) is 11.6 Å². The van der Waals surface area contributed by atoms with Crippen LogP contribution in [0.2, 0.25) is 0 Å². The van der Waals surface area contributed by atoms with Crippen LogP contribution in [0.5, 0.6) is 11.8 Å². The van der Waals surface area contributed by atoms with Crippen LogP contribution < -0.4 is 10.1 Å². The number of nitrogens with zero attached hydrogens (tertiary/aromatic N) is 2. The van der Waals surface area contributed by atoms with Crippen molar-refractivity contribution >= 4 is 6.03 Å². The smallest absolute Gasteiger partial charge is 0.329 e. The molecule has 1 amide bonds. The Morgan fingerprint density at radius 3 is 2.60 bits per heavy atom. The highest BCUT2D eigenvalue weighted by Gasteiger charge is 2.24. The molecule has 1 heterocycles. The van der Waals surface area contributed by atoms with Crippen molar-refractivity contribution in [2.24, 2.45) is 5.92 Å². The second-order valence-electron chi connectivity index (χ2n) is 7.48. The number of para-hydroxylation sites is 1. The van der Waals surface area contributed by atoms with Crippen LogP contribution in [0.1, 0.15) is 46.7 Å². The van der Waals surface area contributed by atoms with Crippen molar-refractivity contribution in [1.82, 2.24) is 14.9 Å². The fourth-order valence-corrected chi connectivity index (χ4v) is 2.12. The number of hydrogen-bond donors (Lipinski definition) is 1. The molecule has 1 aromatic heterocycles. The molecule has 0 spiro atoms. The van der Waals surface area contributed by atoms with Gasteiger partial charge in [0.1, 0.15) is 0 Å². The molecule has 1 aromatic carbocycles. The van der Waals surface area contributed by atoms with Crippen molar-refractivity contribution in [3.63, 3.8) is 0 Å². The van der Waals surface area contributed by atoms with Crippen LogP contribution in [0.15, 0.2) is 30.5 Å². The van der Waals surface area contributed by atoms with E-state index in [1.165, 1.54) is 16.7 Å². The molecule has 0 saturated heterocycles. The second kappa shape index (κ2) is 7.68. The van der Waals surface area contributed by atoms with Crippen LogP contribution in [-0.2, 0) is 5.41 Å². The van der Waals surface area contributed by atoms with E-state index in [2.05, 4.69) is 24.1 Å². The number of rotatable bonds is 5. The number of nitrogens with one attached hydrogen (secondary N) is 1. The van der Waals surface area contributed by atoms with Gasteiger partial charge in [-0.15, -0.1) is 0 Å². The van der Waals surface area contributed by atoms with Gasteiger partial charge in [0.05, 0.1) is 5.69 Å². The van der Waals surface area contributed by atoms with Gasteiger partial charge in [-0.05, 0) is 24.5 Å². The second-order valence-corrected chi connectivity index (χ2v) is 7.48. The Hall–Kier alpha value is -2.37. The molecule has 6 heteroatoms. The van der Waals surface area contributed by atoms with Gasteiger partial charge < -0.3 is 10.1 Å². The van der Waals surface area contributed by atoms with Crippen LogP contribution in [0, 0.1) is 11.7 Å². The SMILES string of the molecule is CC(C)CCNC(=O)n1cc(C(C)(C)C)nc1Oc1ccccc1F. The lowest BCUT2D eigenvalue weighted by Crippen LogP contribution is -2.30. The highest BCUT2D eigenvalue weighted by Crippen LogP contribution is 2.28. The molecular weight excluding hydrogens is 321 g/mol. The highest BCUT2D eigenvalue weighted by atomic mass is 19.1. The van der Waals surface area contributed by atoms with E-state index in [0.29, 0.717) is 18.2 Å². The van der Waals surface area contributed by atoms with E-state index < -0.39 is 5.82 Å². The number of aromatic nitrogens is 2. The van der Waals surface area contributed by atoms with E-state index >= 15 is 0 Å². The zero-order chi connectivity index (χ0) is 18.6. The molecule has 0 fully saturated rings. The molecule has 0 unspecified atom stereocenters. The van der Waals surface area contributed by atoms with Crippen LogP contribution in [0.4, 0.5) is 9.18 Å². The van der Waals surface area contributed by atoms with E-state index in [4.69, 9.17) is 4.74 Å². The summed E-state index contributed by atoms with van der Waals surface area (Å²) in [5.41, 5.74) is 0.425. The van der Waals surface area contributed by atoms with E-state index in [9.17, 15) is 9.18 Å². The average molecular weight is 347 g/mol. The molecule has 136 valence electrons. The fourth-order valence-electron chi connectivity index (χ4n) is 2.12. The summed E-state index contributed by atoms with van der Waals surface area (Å²) >= 11 is 0. The molecule has 2 rings (SSSR count). The van der Waals surface area contributed by atoms with Gasteiger partial charge in [0.25, 0.3) is 0 Å². The molecule has 0 atom stereocenters. The van der Waals surface area contributed by atoms with Gasteiger partial charge in [-0.1, -0.05) is 46.8 Å². The molecule has 0 radical (unpaired) electrons. The molecule has 0 aliphatic carbocycles. The Morgan fingerprint density at radius 1 is 1.32 bits per heavy atom. The van der Waals surface area contributed by atoms with Crippen molar-refractivity contribution in [2.75, 3.05) is 6.54 Å². The molecule has 0 aliphatic heterocycles. The number of hydrogen-bond acceptors (Lipinski definition) is 3. The van der Waals surface area contributed by atoms with Gasteiger partial charge in [-0.2, -0.15) is 4.98 Å². The number of benzene rings is 1. The van der Waals surface area contributed by atoms with Crippen molar-refractivity contribution < 1.29 is 13.9 Å². The first-order valence-corrected chi connectivity index (χ1v) is 8.49. The summed E-state index contributed by atoms with van der Waals surface area (Å²) in [6.07, 6.45) is 2.51. The zero-order valence-electron chi connectivity index (χ0n) is 15.5. The Bertz CT molecular complexity index is 733. The number of amides is 1. The zero-order valence-corrected chi connectivity index (χ0v) is 15.5. The first-order valence-electron chi connectivity index (χ1n) is 8.49. The van der Waals surface area contributed by atoms with Crippen molar-refractivity contribution in [3.05, 3.63) is 42.0 Å². The van der Waals surface area contributed by atoms with Gasteiger partial charge in [0, 0.05) is 18.2 Å². The number of imidazole rings is 1. The Kier molecular flexibility index (Phi) is 5.82. The quantitative estimate of drug-likeness (QED) is 0.852. The number of halogens is 1. The summed E-state index contributed by atoms with van der Waals surface area (Å²) in [5, 5.41) is 2.85. The largest absolute Gasteiger partial charge is 0.422 e. The summed E-state index contributed by atoms with van der Waals surface area (Å²) in [5.74, 6) is 0.0155. The molecular formula is C19H26FN3O2. The number of ether oxygens (including phenoxy) is 1. The minimum Gasteiger partial charge on any atom is -0.422 e. The summed E-state index contributed by atoms with van der Waals surface area (Å²) in [4.78, 5) is 16.9. The normalized spacial score (nSPS) is 11.6. The molecule has 1 N–H and O–H groups in total. The fraction of sp³-hybridized carbons (Fsp3) is 0.474. The van der Waals surface area contributed by atoms with Gasteiger partial charge in [-0.25, -0.2) is 13.8 Å². The number of carbonyl (C=O) groups excluding carboxylic acids is 1. The Balaban J connectivity index is 2.29. The topological polar surface area (TPSA) is 56.2 Å². The van der Waals surface area contributed by atoms with Gasteiger partial charge in [0.2, 0.25) is 0 Å². The lowest BCUT2D eigenvalue weighted by Gasteiger charge is -2.13. The maximum Gasteiger partial charge on any atom is 0.329 e. The minimum atomic E-state index is -0.505. The summed E-state index contributed by atoms with van der Waals surface area (Å²) in [7, 11) is 0. The predicted octanol–water partition coefficient (Wildman–Crippen LogP) is 4.72. The molecule has 0 aliphatic rings. The molecule has 25 heavy (non-hydrogen) atoms. The van der Waals surface area contributed by atoms with Gasteiger partial charge in [-0.3, -0.25) is 0 Å². The van der Waals surface area contributed by atoms with E-state index in [1.54, 1.807) is 18.3 Å². The van der Waals surface area contributed by atoms with Crippen molar-refractivity contribution in [1.29, 1.82) is 0 Å². The minimum absolute atomic E-state index is 0.0322. The van der Waals surface area contributed by atoms with Crippen molar-refractivity contribution in [2.45, 2.75) is 46.5 Å². The van der Waals surface area contributed by atoms with Crippen molar-refractivity contribution in [3.8, 4) is 11.8 Å². The van der Waals surface area contributed by atoms with Gasteiger partial charge >= 0.3 is 12.0 Å². The predicted molar refractivity (Wildman–Crippen MR) is 95.7 cm³/mol. The molecule has 5 nitrogen and oxygen atoms in total. The van der Waals surface area contributed by atoms with E-state index in [1.807, 2.05) is 20.8 Å². The highest BCUT2D eigenvalue weighted by molar-refractivity contribution is 5.78. The van der Waals surface area contributed by atoms with E-state index in [0.717, 1.165) is 6.42 Å². The lowest BCUT2D eigenvalue weighted by molar-refractivity contribution is 0.238. The Morgan fingerprint density at radius 2 is 2.00 bits per heavy atom. The third kappa shape index (κ3) is 5.05. The standard InChI is InChI=1S/C19H26FN3O2/c1-13(2)10-11-21-17(24)23-12-16(19(3,4)5)22-18(23)25-15-9-7-6-8-14(15)20/h6-9,12-13H,10-11H2,1-5H3,(H,21,24). The maximum atomic E-state index is 13.9. The van der Waals surface area contributed by atoms with Crippen LogP contribution in [-0.4, -0.2) is 22.1 Å². The summed E-state index contributed by atoms with van der Waals surface area (Å²) < 4.78 is 20.8. The number of carbonyl (C=O) groups is 1. The molecule has 2 aromatic rings. The third-order valence-corrected chi connectivity index (χ3v) is 3.70. The van der Waals surface area contributed by atoms with E-state index in [-0.39, 0.29) is 23.2 Å². The maximum absolute atomic E-state index is 13.9. The Labute approximate surface area is 148 Å². The average Bonchev–Trinajstić information content (AvgIpc) is 2.93. The molecule has 0 saturated carbocycles. The third-order valence-electron chi connectivity index (χ3n) is 3.70. The van der Waals surface area contributed by atoms with Crippen LogP contribution >= 0.6 is 0 Å². The first-order chi connectivity index (χ1) is 11.7.